The van der Waals surface area contributed by atoms with Crippen LogP contribution in [-0.2, 0) is 14.8 Å². The Balaban J connectivity index is 1.52. The van der Waals surface area contributed by atoms with Crippen molar-refractivity contribution < 1.29 is 17.6 Å². The van der Waals surface area contributed by atoms with E-state index in [4.69, 9.17) is 0 Å². The molecule has 3 rings (SSSR count). The zero-order valence-electron chi connectivity index (χ0n) is 13.7. The van der Waals surface area contributed by atoms with Gasteiger partial charge in [-0.2, -0.15) is 4.31 Å². The molecule has 140 valence electrons. The Labute approximate surface area is 163 Å². The van der Waals surface area contributed by atoms with Gasteiger partial charge in [0.25, 0.3) is 10.0 Å². The van der Waals surface area contributed by atoms with Crippen LogP contribution in [0.4, 0.5) is 10.1 Å². The first-order valence-electron chi connectivity index (χ1n) is 7.88. The average Bonchev–Trinajstić information content (AvgIpc) is 3.05. The Kier molecular flexibility index (Phi) is 6.08. The van der Waals surface area contributed by atoms with E-state index in [1.54, 1.807) is 12.1 Å². The summed E-state index contributed by atoms with van der Waals surface area (Å²) >= 11 is 4.46. The smallest absolute Gasteiger partial charge is 0.252 e. The van der Waals surface area contributed by atoms with Gasteiger partial charge in [-0.15, -0.1) is 11.3 Å². The maximum atomic E-state index is 12.9. The molecule has 1 saturated heterocycles. The van der Waals surface area contributed by atoms with E-state index in [0.29, 0.717) is 36.1 Å². The number of halogens is 2. The Morgan fingerprint density at radius 3 is 2.35 bits per heavy atom. The lowest BCUT2D eigenvalue weighted by Gasteiger charge is -2.33. The molecule has 1 N–H and O–H groups in total. The summed E-state index contributed by atoms with van der Waals surface area (Å²) in [4.78, 5) is 14.0. The van der Waals surface area contributed by atoms with E-state index >= 15 is 0 Å². The van der Waals surface area contributed by atoms with Crippen molar-refractivity contribution in [2.24, 2.45) is 0 Å². The highest BCUT2D eigenvalue weighted by molar-refractivity contribution is 9.11. The number of rotatable bonds is 5. The summed E-state index contributed by atoms with van der Waals surface area (Å²) in [7, 11) is -3.49. The lowest BCUT2D eigenvalue weighted by molar-refractivity contribution is -0.117. The summed E-state index contributed by atoms with van der Waals surface area (Å²) in [6.45, 7) is 1.78. The number of hydrogen-bond acceptors (Lipinski definition) is 5. The fourth-order valence-corrected chi connectivity index (χ4v) is 6.21. The topological polar surface area (TPSA) is 69.7 Å². The van der Waals surface area contributed by atoms with Crippen LogP contribution < -0.4 is 5.32 Å². The fraction of sp³-hybridized carbons (Fsp3) is 0.312. The lowest BCUT2D eigenvalue weighted by atomic mass is 10.3. The second kappa shape index (κ2) is 8.13. The van der Waals surface area contributed by atoms with Gasteiger partial charge in [0.1, 0.15) is 10.0 Å². The molecule has 1 aromatic carbocycles. The van der Waals surface area contributed by atoms with Gasteiger partial charge >= 0.3 is 0 Å². The quantitative estimate of drug-likeness (QED) is 0.742. The van der Waals surface area contributed by atoms with E-state index in [-0.39, 0.29) is 18.3 Å². The van der Waals surface area contributed by atoms with Crippen LogP contribution in [0.15, 0.2) is 44.4 Å². The van der Waals surface area contributed by atoms with Gasteiger partial charge in [-0.05, 0) is 52.3 Å². The number of carbonyl (C=O) groups excluding carboxylic acids is 1. The summed E-state index contributed by atoms with van der Waals surface area (Å²) in [5.41, 5.74) is 0.529. The van der Waals surface area contributed by atoms with Crippen molar-refractivity contribution in [2.75, 3.05) is 38.0 Å². The Bertz CT molecular complexity index is 878. The van der Waals surface area contributed by atoms with Gasteiger partial charge in [0.15, 0.2) is 0 Å². The number of piperazine rings is 1. The van der Waals surface area contributed by atoms with Crippen LogP contribution in [0.5, 0.6) is 0 Å². The molecule has 0 unspecified atom stereocenters. The highest BCUT2D eigenvalue weighted by Crippen LogP contribution is 2.28. The zero-order chi connectivity index (χ0) is 18.7. The van der Waals surface area contributed by atoms with E-state index in [2.05, 4.69) is 21.2 Å². The van der Waals surface area contributed by atoms with Gasteiger partial charge in [-0.1, -0.05) is 0 Å². The van der Waals surface area contributed by atoms with Crippen LogP contribution in [-0.4, -0.2) is 56.3 Å². The van der Waals surface area contributed by atoms with Crippen LogP contribution in [0.3, 0.4) is 0 Å². The van der Waals surface area contributed by atoms with E-state index < -0.39 is 10.0 Å². The molecule has 2 aromatic rings. The maximum absolute atomic E-state index is 12.9. The van der Waals surface area contributed by atoms with Crippen LogP contribution in [0.1, 0.15) is 0 Å². The third kappa shape index (κ3) is 4.68. The normalized spacial score (nSPS) is 16.5. The van der Waals surface area contributed by atoms with Crippen molar-refractivity contribution in [3.8, 4) is 0 Å². The van der Waals surface area contributed by atoms with Gasteiger partial charge in [0.05, 0.1) is 10.3 Å². The molecular weight excluding hydrogens is 445 g/mol. The predicted octanol–water partition coefficient (Wildman–Crippen LogP) is 2.59. The van der Waals surface area contributed by atoms with Crippen molar-refractivity contribution in [2.45, 2.75) is 4.21 Å². The fourth-order valence-electron chi connectivity index (χ4n) is 2.63. The second-order valence-corrected chi connectivity index (χ2v) is 10.4. The number of amides is 1. The summed E-state index contributed by atoms with van der Waals surface area (Å²) in [5, 5.41) is 2.70. The van der Waals surface area contributed by atoms with E-state index in [9.17, 15) is 17.6 Å². The summed E-state index contributed by atoms with van der Waals surface area (Å²) in [6.07, 6.45) is 0. The number of anilines is 1. The van der Waals surface area contributed by atoms with Crippen molar-refractivity contribution >= 4 is 48.9 Å². The van der Waals surface area contributed by atoms with Crippen LogP contribution in [0.25, 0.3) is 0 Å². The first kappa shape index (κ1) is 19.4. The van der Waals surface area contributed by atoms with Crippen molar-refractivity contribution in [1.29, 1.82) is 0 Å². The Hall–Kier alpha value is -1.33. The molecule has 0 saturated carbocycles. The van der Waals surface area contributed by atoms with Gasteiger partial charge in [0.2, 0.25) is 5.91 Å². The average molecular weight is 462 g/mol. The minimum Gasteiger partial charge on any atom is -0.325 e. The second-order valence-electron chi connectivity index (χ2n) is 5.79. The van der Waals surface area contributed by atoms with E-state index in [1.807, 2.05) is 4.90 Å². The number of sulfonamides is 1. The van der Waals surface area contributed by atoms with Crippen molar-refractivity contribution in [3.05, 3.63) is 46.0 Å². The number of benzene rings is 1. The minimum atomic E-state index is -3.49. The van der Waals surface area contributed by atoms with Gasteiger partial charge < -0.3 is 5.32 Å². The summed E-state index contributed by atoms with van der Waals surface area (Å²) in [6, 6.07) is 8.86. The molecule has 1 aromatic heterocycles. The standard InChI is InChI=1S/C16H17BrFN3O3S2/c17-14-5-6-16(25-14)26(23,24)21-9-7-20(8-10-21)11-15(22)19-13-3-1-12(18)2-4-13/h1-6H,7-11H2,(H,19,22). The van der Waals surface area contributed by atoms with Gasteiger partial charge in [0, 0.05) is 31.9 Å². The van der Waals surface area contributed by atoms with Crippen LogP contribution >= 0.6 is 27.3 Å². The highest BCUT2D eigenvalue weighted by atomic mass is 79.9. The minimum absolute atomic E-state index is 0.163. The third-order valence-electron chi connectivity index (χ3n) is 3.97. The monoisotopic (exact) mass is 461 g/mol. The summed E-state index contributed by atoms with van der Waals surface area (Å²) < 4.78 is 40.6. The molecule has 0 radical (unpaired) electrons. The molecule has 2 heterocycles. The molecule has 0 atom stereocenters. The first-order chi connectivity index (χ1) is 12.3. The molecule has 0 spiro atoms. The molecule has 10 heteroatoms. The molecular formula is C16H17BrFN3O3S2. The van der Waals surface area contributed by atoms with E-state index in [0.717, 1.165) is 3.79 Å². The zero-order valence-corrected chi connectivity index (χ0v) is 16.9. The number of nitrogens with zero attached hydrogens (tertiary/aromatic N) is 2. The lowest BCUT2D eigenvalue weighted by Crippen LogP contribution is -2.50. The third-order valence-corrected chi connectivity index (χ3v) is 7.96. The molecule has 0 bridgehead atoms. The molecule has 6 nitrogen and oxygen atoms in total. The molecule has 0 aliphatic carbocycles. The number of carbonyl (C=O) groups is 1. The number of thiophene rings is 1. The Morgan fingerprint density at radius 2 is 1.77 bits per heavy atom. The van der Waals surface area contributed by atoms with Crippen molar-refractivity contribution in [3.63, 3.8) is 0 Å². The molecule has 1 aliphatic heterocycles. The number of hydrogen-bond donors (Lipinski definition) is 1. The van der Waals surface area contributed by atoms with Gasteiger partial charge in [-0.25, -0.2) is 12.8 Å². The predicted molar refractivity (Wildman–Crippen MR) is 102 cm³/mol. The summed E-state index contributed by atoms with van der Waals surface area (Å²) in [5.74, 6) is -0.576. The molecule has 26 heavy (non-hydrogen) atoms. The maximum Gasteiger partial charge on any atom is 0.252 e. The first-order valence-corrected chi connectivity index (χ1v) is 10.9. The molecule has 1 aliphatic rings. The van der Waals surface area contributed by atoms with Crippen LogP contribution in [0, 0.1) is 5.82 Å². The van der Waals surface area contributed by atoms with Crippen molar-refractivity contribution in [1.82, 2.24) is 9.21 Å². The van der Waals surface area contributed by atoms with Crippen LogP contribution in [0.2, 0.25) is 0 Å². The largest absolute Gasteiger partial charge is 0.325 e. The van der Waals surface area contributed by atoms with Gasteiger partial charge in [-0.3, -0.25) is 9.69 Å². The number of nitrogens with one attached hydrogen (secondary N) is 1. The van der Waals surface area contributed by atoms with E-state index in [1.165, 1.54) is 39.9 Å². The Morgan fingerprint density at radius 1 is 1.12 bits per heavy atom. The molecule has 1 amide bonds. The molecule has 1 fully saturated rings. The SMILES string of the molecule is O=C(CN1CCN(S(=O)(=O)c2ccc(Br)s2)CC1)Nc1ccc(F)cc1. The highest BCUT2D eigenvalue weighted by Gasteiger charge is 2.30.